The molecule has 0 saturated heterocycles. The number of hydrogen-bond donors (Lipinski definition) is 0. The van der Waals surface area contributed by atoms with Crippen molar-refractivity contribution in [2.45, 2.75) is 51.4 Å². The molecule has 0 spiro atoms. The molecule has 4 heteroatoms. The molecule has 3 aromatic rings. The van der Waals surface area contributed by atoms with Gasteiger partial charge in [0.25, 0.3) is 0 Å². The van der Waals surface area contributed by atoms with Crippen LogP contribution in [0.2, 0.25) is 0 Å². The lowest BCUT2D eigenvalue weighted by Gasteiger charge is -2.42. The Morgan fingerprint density at radius 1 is 0.897 bits per heavy atom. The van der Waals surface area contributed by atoms with Gasteiger partial charge in [0.15, 0.2) is 5.76 Å². The van der Waals surface area contributed by atoms with Gasteiger partial charge in [0.1, 0.15) is 5.69 Å². The number of esters is 1. The average Bonchev–Trinajstić information content (AvgIpc) is 3.21. The molecule has 0 amide bonds. The highest BCUT2D eigenvalue weighted by Crippen LogP contribution is 2.46. The number of rotatable bonds is 3. The highest BCUT2D eigenvalue weighted by molar-refractivity contribution is 5.89. The predicted octanol–water partition coefficient (Wildman–Crippen LogP) is 6.14. The van der Waals surface area contributed by atoms with Crippen molar-refractivity contribution in [3.8, 4) is 22.6 Å². The molecule has 0 aliphatic heterocycles. The number of nitrogens with zero attached hydrogens (tertiary/aromatic N) is 1. The number of benzene rings is 2. The third kappa shape index (κ3) is 3.48. The number of aromatic nitrogens is 1. The van der Waals surface area contributed by atoms with Gasteiger partial charge in [-0.05, 0) is 53.0 Å². The maximum atomic E-state index is 11.6. The average molecular weight is 389 g/mol. The Morgan fingerprint density at radius 2 is 1.52 bits per heavy atom. The number of ether oxygens (including phenoxy) is 1. The van der Waals surface area contributed by atoms with Crippen LogP contribution in [0, 0.1) is 0 Å². The van der Waals surface area contributed by atoms with Gasteiger partial charge in [0.2, 0.25) is 0 Å². The van der Waals surface area contributed by atoms with Gasteiger partial charge < -0.3 is 9.26 Å². The molecule has 0 radical (unpaired) electrons. The normalized spacial score (nSPS) is 16.9. The minimum atomic E-state index is -0.350. The highest BCUT2D eigenvalue weighted by Gasteiger charge is 2.37. The molecule has 1 aliphatic carbocycles. The summed E-state index contributed by atoms with van der Waals surface area (Å²) in [4.78, 5) is 11.6. The van der Waals surface area contributed by atoms with Crippen molar-refractivity contribution < 1.29 is 14.1 Å². The van der Waals surface area contributed by atoms with E-state index in [0.717, 1.165) is 22.6 Å². The van der Waals surface area contributed by atoms with Gasteiger partial charge in [-0.2, -0.15) is 0 Å². The van der Waals surface area contributed by atoms with E-state index < -0.39 is 0 Å². The van der Waals surface area contributed by atoms with Crippen molar-refractivity contribution in [1.82, 2.24) is 5.16 Å². The van der Waals surface area contributed by atoms with Crippen molar-refractivity contribution in [2.75, 3.05) is 7.11 Å². The van der Waals surface area contributed by atoms with Crippen LogP contribution in [0.5, 0.6) is 0 Å². The molecule has 29 heavy (non-hydrogen) atoms. The predicted molar refractivity (Wildman–Crippen MR) is 114 cm³/mol. The van der Waals surface area contributed by atoms with Gasteiger partial charge in [-0.3, -0.25) is 0 Å². The molecule has 4 rings (SSSR count). The zero-order valence-corrected chi connectivity index (χ0v) is 17.7. The molecule has 0 unspecified atom stereocenters. The van der Waals surface area contributed by atoms with Gasteiger partial charge in [-0.1, -0.05) is 57.1 Å². The molecular weight excluding hydrogens is 362 g/mol. The first-order chi connectivity index (χ1) is 13.7. The van der Waals surface area contributed by atoms with Crippen LogP contribution in [0.1, 0.15) is 62.0 Å². The fourth-order valence-electron chi connectivity index (χ4n) is 4.18. The number of carbonyl (C=O) groups excluding carboxylic acids is 1. The van der Waals surface area contributed by atoms with Crippen molar-refractivity contribution in [3.05, 3.63) is 65.2 Å². The Bertz CT molecular complexity index is 1060. The quantitative estimate of drug-likeness (QED) is 0.505. The summed E-state index contributed by atoms with van der Waals surface area (Å²) in [5, 5.41) is 4.24. The first-order valence-electron chi connectivity index (χ1n) is 10.0. The van der Waals surface area contributed by atoms with Gasteiger partial charge in [0.05, 0.1) is 12.7 Å². The van der Waals surface area contributed by atoms with Crippen molar-refractivity contribution >= 4 is 5.97 Å². The van der Waals surface area contributed by atoms with Crippen LogP contribution < -0.4 is 0 Å². The van der Waals surface area contributed by atoms with E-state index >= 15 is 0 Å². The van der Waals surface area contributed by atoms with E-state index in [1.165, 1.54) is 31.1 Å². The summed E-state index contributed by atoms with van der Waals surface area (Å²) >= 11 is 0. The summed E-state index contributed by atoms with van der Waals surface area (Å²) in [5.74, 6) is 0.399. The van der Waals surface area contributed by atoms with Crippen LogP contribution in [0.4, 0.5) is 0 Å². The molecule has 0 bridgehead atoms. The third-order valence-corrected chi connectivity index (χ3v) is 6.25. The molecule has 1 aliphatic rings. The number of carbonyl (C=O) groups is 1. The monoisotopic (exact) mass is 389 g/mol. The second kappa shape index (κ2) is 6.87. The molecule has 1 heterocycles. The summed E-state index contributed by atoms with van der Waals surface area (Å²) in [6.45, 7) is 9.29. The minimum Gasteiger partial charge on any atom is -0.465 e. The van der Waals surface area contributed by atoms with Crippen LogP contribution >= 0.6 is 0 Å². The van der Waals surface area contributed by atoms with E-state index in [9.17, 15) is 4.79 Å². The van der Waals surface area contributed by atoms with Crippen LogP contribution in [-0.2, 0) is 15.6 Å². The minimum absolute atomic E-state index is 0.146. The fourth-order valence-corrected chi connectivity index (χ4v) is 4.18. The first kappa shape index (κ1) is 19.4. The van der Waals surface area contributed by atoms with Gasteiger partial charge in [-0.15, -0.1) is 0 Å². The molecule has 0 atom stereocenters. The zero-order valence-electron chi connectivity index (χ0n) is 17.7. The van der Waals surface area contributed by atoms with E-state index in [2.05, 4.69) is 51.1 Å². The maximum Gasteiger partial charge on any atom is 0.337 e. The Kier molecular flexibility index (Phi) is 4.60. The summed E-state index contributed by atoms with van der Waals surface area (Å²) in [7, 11) is 1.38. The highest BCUT2D eigenvalue weighted by atomic mass is 16.5. The molecule has 0 N–H and O–H groups in total. The van der Waals surface area contributed by atoms with Crippen LogP contribution in [0.15, 0.2) is 53.1 Å². The molecule has 4 nitrogen and oxygen atoms in total. The largest absolute Gasteiger partial charge is 0.465 e. The number of methoxy groups -OCH3 is 1. The number of hydrogen-bond acceptors (Lipinski definition) is 4. The van der Waals surface area contributed by atoms with Gasteiger partial charge >= 0.3 is 5.97 Å². The van der Waals surface area contributed by atoms with Crippen molar-refractivity contribution in [1.29, 1.82) is 0 Å². The van der Waals surface area contributed by atoms with Crippen molar-refractivity contribution in [3.63, 3.8) is 0 Å². The fraction of sp³-hybridized carbons (Fsp3) is 0.360. The van der Waals surface area contributed by atoms with E-state index in [4.69, 9.17) is 9.26 Å². The Morgan fingerprint density at radius 3 is 2.17 bits per heavy atom. The Hall–Kier alpha value is -2.88. The molecule has 150 valence electrons. The zero-order chi connectivity index (χ0) is 20.8. The molecular formula is C25H27NO3. The SMILES string of the molecule is COC(=O)c1ccc(-c2cc(-c3ccc4c(c3)C(C)(C)CCC4(C)C)on2)cc1. The second-order valence-corrected chi connectivity index (χ2v) is 9.17. The Labute approximate surface area is 171 Å². The van der Waals surface area contributed by atoms with E-state index in [1.807, 2.05) is 18.2 Å². The van der Waals surface area contributed by atoms with Crippen LogP contribution in [-0.4, -0.2) is 18.2 Å². The van der Waals surface area contributed by atoms with Crippen molar-refractivity contribution in [2.24, 2.45) is 0 Å². The first-order valence-corrected chi connectivity index (χ1v) is 10.0. The summed E-state index contributed by atoms with van der Waals surface area (Å²) in [6.07, 6.45) is 2.37. The van der Waals surface area contributed by atoms with Crippen LogP contribution in [0.25, 0.3) is 22.6 Å². The van der Waals surface area contributed by atoms with Crippen LogP contribution in [0.3, 0.4) is 0 Å². The smallest absolute Gasteiger partial charge is 0.337 e. The molecule has 2 aromatic carbocycles. The molecule has 0 saturated carbocycles. The van der Waals surface area contributed by atoms with E-state index in [1.54, 1.807) is 12.1 Å². The second-order valence-electron chi connectivity index (χ2n) is 9.17. The van der Waals surface area contributed by atoms with Gasteiger partial charge in [-0.25, -0.2) is 4.79 Å². The summed E-state index contributed by atoms with van der Waals surface area (Å²) in [6, 6.07) is 15.8. The van der Waals surface area contributed by atoms with E-state index in [-0.39, 0.29) is 16.8 Å². The standard InChI is InChI=1S/C25H27NO3/c1-24(2)12-13-25(3,4)20-14-18(10-11-19(20)24)22-15-21(26-29-22)16-6-8-17(9-7-16)23(27)28-5/h6-11,14-15H,12-13H2,1-5H3. The summed E-state index contributed by atoms with van der Waals surface area (Å²) < 4.78 is 10.4. The lowest BCUT2D eigenvalue weighted by molar-refractivity contribution is 0.0601. The topological polar surface area (TPSA) is 52.3 Å². The van der Waals surface area contributed by atoms with Gasteiger partial charge in [0, 0.05) is 17.2 Å². The van der Waals surface area contributed by atoms with E-state index in [0.29, 0.717) is 5.56 Å². The third-order valence-electron chi connectivity index (χ3n) is 6.25. The Balaban J connectivity index is 1.68. The molecule has 1 aromatic heterocycles. The molecule has 0 fully saturated rings. The lowest BCUT2D eigenvalue weighted by Crippen LogP contribution is -2.33. The number of fused-ring (bicyclic) bond motifs is 1. The summed E-state index contributed by atoms with van der Waals surface area (Å²) in [5.41, 5.74) is 6.35. The maximum absolute atomic E-state index is 11.6. The lowest BCUT2D eigenvalue weighted by atomic mass is 9.63.